The SMILES string of the molecule is CCn1cc(-c2c(-c3ccccc3)ncn2Cc2ccc(O)c(OC)c2)c(C)n1. The number of imidazole rings is 1. The Morgan fingerprint density at radius 1 is 1.10 bits per heavy atom. The number of benzene rings is 2. The summed E-state index contributed by atoms with van der Waals surface area (Å²) in [5.41, 5.74) is 6.06. The lowest BCUT2D eigenvalue weighted by Crippen LogP contribution is -2.02. The molecule has 0 aliphatic carbocycles. The van der Waals surface area contributed by atoms with E-state index in [9.17, 15) is 5.11 Å². The van der Waals surface area contributed by atoms with Gasteiger partial charge in [-0.1, -0.05) is 36.4 Å². The molecule has 0 fully saturated rings. The van der Waals surface area contributed by atoms with Crippen LogP contribution in [0.1, 0.15) is 18.2 Å². The van der Waals surface area contributed by atoms with E-state index in [2.05, 4.69) is 34.9 Å². The van der Waals surface area contributed by atoms with E-state index in [0.717, 1.165) is 40.3 Å². The van der Waals surface area contributed by atoms with Crippen molar-refractivity contribution in [3.05, 3.63) is 72.3 Å². The second-order valence-corrected chi connectivity index (χ2v) is 6.93. The number of methoxy groups -OCH3 is 1. The normalized spacial score (nSPS) is 11.0. The molecule has 2 heterocycles. The van der Waals surface area contributed by atoms with E-state index < -0.39 is 0 Å². The zero-order valence-corrected chi connectivity index (χ0v) is 16.8. The molecule has 0 saturated carbocycles. The van der Waals surface area contributed by atoms with E-state index in [1.54, 1.807) is 13.2 Å². The number of phenolic OH excluding ortho intramolecular Hbond substituents is 1. The number of nitrogens with zero attached hydrogens (tertiary/aromatic N) is 4. The summed E-state index contributed by atoms with van der Waals surface area (Å²) in [7, 11) is 1.55. The Morgan fingerprint density at radius 3 is 2.59 bits per heavy atom. The lowest BCUT2D eigenvalue weighted by Gasteiger charge is -2.12. The maximum atomic E-state index is 9.90. The molecule has 0 aliphatic rings. The molecule has 0 spiro atoms. The van der Waals surface area contributed by atoms with Crippen LogP contribution in [0.2, 0.25) is 0 Å². The fraction of sp³-hybridized carbons (Fsp3) is 0.217. The van der Waals surface area contributed by atoms with Gasteiger partial charge in [-0.05, 0) is 31.5 Å². The van der Waals surface area contributed by atoms with Crippen molar-refractivity contribution >= 4 is 0 Å². The van der Waals surface area contributed by atoms with E-state index in [-0.39, 0.29) is 5.75 Å². The van der Waals surface area contributed by atoms with Gasteiger partial charge in [0.2, 0.25) is 0 Å². The van der Waals surface area contributed by atoms with Gasteiger partial charge in [0.25, 0.3) is 0 Å². The molecule has 0 atom stereocenters. The third kappa shape index (κ3) is 3.61. The molecule has 0 bridgehead atoms. The Morgan fingerprint density at radius 2 is 1.90 bits per heavy atom. The highest BCUT2D eigenvalue weighted by atomic mass is 16.5. The van der Waals surface area contributed by atoms with Crippen LogP contribution in [0.4, 0.5) is 0 Å². The number of phenols is 1. The smallest absolute Gasteiger partial charge is 0.160 e. The Kier molecular flexibility index (Phi) is 5.08. The molecule has 6 heteroatoms. The number of ether oxygens (including phenoxy) is 1. The minimum atomic E-state index is 0.132. The molecule has 0 amide bonds. The van der Waals surface area contributed by atoms with E-state index in [4.69, 9.17) is 9.72 Å². The molecule has 1 N–H and O–H groups in total. The van der Waals surface area contributed by atoms with Crippen molar-refractivity contribution in [3.63, 3.8) is 0 Å². The first kappa shape index (κ1) is 18.8. The first-order valence-electron chi connectivity index (χ1n) is 9.61. The van der Waals surface area contributed by atoms with Gasteiger partial charge in [-0.25, -0.2) is 4.98 Å². The van der Waals surface area contributed by atoms with Crippen LogP contribution in [-0.4, -0.2) is 31.5 Å². The highest BCUT2D eigenvalue weighted by Gasteiger charge is 2.19. The van der Waals surface area contributed by atoms with E-state index in [1.807, 2.05) is 48.3 Å². The third-order valence-electron chi connectivity index (χ3n) is 5.01. The van der Waals surface area contributed by atoms with Crippen molar-refractivity contribution in [2.75, 3.05) is 7.11 Å². The second kappa shape index (κ2) is 7.83. The van der Waals surface area contributed by atoms with Crippen molar-refractivity contribution in [2.24, 2.45) is 0 Å². The van der Waals surface area contributed by atoms with Crippen molar-refractivity contribution in [3.8, 4) is 34.0 Å². The monoisotopic (exact) mass is 388 g/mol. The van der Waals surface area contributed by atoms with Gasteiger partial charge in [0.1, 0.15) is 0 Å². The molecular formula is C23H24N4O2. The molecular weight excluding hydrogens is 364 g/mol. The van der Waals surface area contributed by atoms with E-state index in [1.165, 1.54) is 0 Å². The number of hydrogen-bond donors (Lipinski definition) is 1. The van der Waals surface area contributed by atoms with Crippen LogP contribution in [0.25, 0.3) is 22.5 Å². The standard InChI is InChI=1S/C23H24N4O2/c1-4-27-14-19(16(2)25-27)23-22(18-8-6-5-7-9-18)24-15-26(23)13-17-10-11-20(28)21(12-17)29-3/h5-12,14-15,28H,4,13H2,1-3H3. The van der Waals surface area contributed by atoms with Gasteiger partial charge in [-0.3, -0.25) is 4.68 Å². The fourth-order valence-electron chi connectivity index (χ4n) is 3.52. The van der Waals surface area contributed by atoms with Crippen molar-refractivity contribution in [1.29, 1.82) is 0 Å². The topological polar surface area (TPSA) is 65.1 Å². The molecule has 6 nitrogen and oxygen atoms in total. The summed E-state index contributed by atoms with van der Waals surface area (Å²) in [5, 5.41) is 14.5. The summed E-state index contributed by atoms with van der Waals surface area (Å²) >= 11 is 0. The highest BCUT2D eigenvalue weighted by Crippen LogP contribution is 2.34. The maximum Gasteiger partial charge on any atom is 0.160 e. The quantitative estimate of drug-likeness (QED) is 0.528. The lowest BCUT2D eigenvalue weighted by atomic mass is 10.1. The van der Waals surface area contributed by atoms with Crippen molar-refractivity contribution in [2.45, 2.75) is 26.9 Å². The lowest BCUT2D eigenvalue weighted by molar-refractivity contribution is 0.373. The van der Waals surface area contributed by atoms with Gasteiger partial charge in [0.15, 0.2) is 11.5 Å². The number of aromatic hydroxyl groups is 1. The average molecular weight is 388 g/mol. The third-order valence-corrected chi connectivity index (χ3v) is 5.01. The minimum Gasteiger partial charge on any atom is -0.504 e. The summed E-state index contributed by atoms with van der Waals surface area (Å²) < 4.78 is 9.33. The molecule has 0 saturated heterocycles. The van der Waals surface area contributed by atoms with Crippen LogP contribution in [0.15, 0.2) is 61.1 Å². The maximum absolute atomic E-state index is 9.90. The van der Waals surface area contributed by atoms with Gasteiger partial charge >= 0.3 is 0 Å². The minimum absolute atomic E-state index is 0.132. The number of hydrogen-bond acceptors (Lipinski definition) is 4. The zero-order chi connectivity index (χ0) is 20.4. The van der Waals surface area contributed by atoms with E-state index >= 15 is 0 Å². The van der Waals surface area contributed by atoms with Crippen LogP contribution in [-0.2, 0) is 13.1 Å². The van der Waals surface area contributed by atoms with Crippen molar-refractivity contribution in [1.82, 2.24) is 19.3 Å². The number of rotatable bonds is 6. The molecule has 29 heavy (non-hydrogen) atoms. The van der Waals surface area contributed by atoms with Gasteiger partial charge in [-0.2, -0.15) is 5.10 Å². The number of aryl methyl sites for hydroxylation is 2. The predicted molar refractivity (Wildman–Crippen MR) is 113 cm³/mol. The Balaban J connectivity index is 1.84. The first-order valence-corrected chi connectivity index (χ1v) is 9.61. The number of aromatic nitrogens is 4. The van der Waals surface area contributed by atoms with Crippen LogP contribution >= 0.6 is 0 Å². The Hall–Kier alpha value is -3.54. The van der Waals surface area contributed by atoms with Crippen LogP contribution in [0.3, 0.4) is 0 Å². The Labute approximate surface area is 170 Å². The molecule has 2 aromatic heterocycles. The van der Waals surface area contributed by atoms with Gasteiger partial charge in [0, 0.05) is 30.4 Å². The molecule has 4 rings (SSSR count). The average Bonchev–Trinajstić information content (AvgIpc) is 3.32. The molecule has 2 aromatic carbocycles. The molecule has 0 unspecified atom stereocenters. The molecule has 0 radical (unpaired) electrons. The summed E-state index contributed by atoms with van der Waals surface area (Å²) in [5.74, 6) is 0.592. The van der Waals surface area contributed by atoms with Gasteiger partial charge in [-0.15, -0.1) is 0 Å². The Bertz CT molecular complexity index is 1130. The zero-order valence-electron chi connectivity index (χ0n) is 16.8. The van der Waals surface area contributed by atoms with Crippen LogP contribution in [0.5, 0.6) is 11.5 Å². The van der Waals surface area contributed by atoms with E-state index in [0.29, 0.717) is 12.3 Å². The summed E-state index contributed by atoms with van der Waals surface area (Å²) in [6.45, 7) is 5.51. The summed E-state index contributed by atoms with van der Waals surface area (Å²) in [4.78, 5) is 4.74. The fourth-order valence-corrected chi connectivity index (χ4v) is 3.52. The highest BCUT2D eigenvalue weighted by molar-refractivity contribution is 5.79. The molecule has 0 aliphatic heterocycles. The first-order chi connectivity index (χ1) is 14.1. The van der Waals surface area contributed by atoms with Crippen LogP contribution in [0, 0.1) is 6.92 Å². The van der Waals surface area contributed by atoms with Crippen LogP contribution < -0.4 is 4.74 Å². The van der Waals surface area contributed by atoms with Gasteiger partial charge in [0.05, 0.1) is 30.5 Å². The molecule has 148 valence electrons. The summed E-state index contributed by atoms with van der Waals surface area (Å²) in [6, 6.07) is 15.6. The van der Waals surface area contributed by atoms with Gasteiger partial charge < -0.3 is 14.4 Å². The summed E-state index contributed by atoms with van der Waals surface area (Å²) in [6.07, 6.45) is 3.94. The second-order valence-electron chi connectivity index (χ2n) is 6.93. The van der Waals surface area contributed by atoms with Crippen molar-refractivity contribution < 1.29 is 9.84 Å². The molecule has 4 aromatic rings. The largest absolute Gasteiger partial charge is 0.504 e. The predicted octanol–water partition coefficient (Wildman–Crippen LogP) is 4.50.